The van der Waals surface area contributed by atoms with Crippen LogP contribution in [0.2, 0.25) is 0 Å². The fraction of sp³-hybridized carbons (Fsp3) is 0.367. The standard InChI is InChI=1S/C30H35N5O5S/c1-20(36)24-17-31-28(32-21-11-10-16-34(18-21)29(37)40-30(2,3)4)33-27(24)25-19-35(26-15-9-8-14-23(25)26)41(38,39)22-12-6-5-7-13-22/h5-9,12-15,17,19-21,36H,10-11,16,18H2,1-4H3,(H,31,32,33)/t20-,21-/m0/s1. The minimum absolute atomic E-state index is 0.110. The second kappa shape index (κ2) is 11.1. The van der Waals surface area contributed by atoms with Crippen LogP contribution in [0, 0.1) is 0 Å². The van der Waals surface area contributed by atoms with Crippen LogP contribution in [0.4, 0.5) is 10.7 Å². The Kier molecular flexibility index (Phi) is 7.76. The zero-order valence-electron chi connectivity index (χ0n) is 23.6. The average molecular weight is 578 g/mol. The SMILES string of the molecule is C[C@H](O)c1cnc(N[C@H]2CCCN(C(=O)OC(C)(C)C)C2)nc1-c1cn(S(=O)(=O)c2ccccc2)c2ccccc12. The molecular weight excluding hydrogens is 542 g/mol. The summed E-state index contributed by atoms with van der Waals surface area (Å²) in [6.07, 6.45) is 3.45. The lowest BCUT2D eigenvalue weighted by Gasteiger charge is -2.34. The minimum Gasteiger partial charge on any atom is -0.444 e. The van der Waals surface area contributed by atoms with Gasteiger partial charge in [-0.3, -0.25) is 0 Å². The highest BCUT2D eigenvalue weighted by molar-refractivity contribution is 7.90. The Balaban J connectivity index is 1.52. The summed E-state index contributed by atoms with van der Waals surface area (Å²) in [7, 11) is -3.90. The van der Waals surface area contributed by atoms with Gasteiger partial charge in [0.1, 0.15) is 5.60 Å². The van der Waals surface area contributed by atoms with Gasteiger partial charge in [-0.2, -0.15) is 0 Å². The van der Waals surface area contributed by atoms with Crippen LogP contribution in [0.15, 0.2) is 71.9 Å². The van der Waals surface area contributed by atoms with Gasteiger partial charge in [0.2, 0.25) is 5.95 Å². The maximum absolute atomic E-state index is 13.6. The number of anilines is 1. The van der Waals surface area contributed by atoms with E-state index < -0.39 is 21.7 Å². The number of rotatable bonds is 6. The molecule has 1 amide bonds. The molecule has 5 rings (SSSR count). The zero-order chi connectivity index (χ0) is 29.4. The fourth-order valence-electron chi connectivity index (χ4n) is 5.00. The van der Waals surface area contributed by atoms with Crippen LogP contribution in [-0.4, -0.2) is 63.2 Å². The zero-order valence-corrected chi connectivity index (χ0v) is 24.4. The number of para-hydroxylation sites is 1. The Morgan fingerprint density at radius 2 is 1.83 bits per heavy atom. The highest BCUT2D eigenvalue weighted by Crippen LogP contribution is 2.36. The normalized spacial score (nSPS) is 16.9. The van der Waals surface area contributed by atoms with Crippen molar-refractivity contribution in [1.29, 1.82) is 0 Å². The van der Waals surface area contributed by atoms with Gasteiger partial charge in [-0.15, -0.1) is 0 Å². The number of nitrogens with one attached hydrogen (secondary N) is 1. The van der Waals surface area contributed by atoms with Gasteiger partial charge in [0.05, 0.1) is 22.2 Å². The highest BCUT2D eigenvalue weighted by atomic mass is 32.2. The second-order valence-electron chi connectivity index (χ2n) is 11.3. The molecule has 2 atom stereocenters. The molecular formula is C30H35N5O5S. The van der Waals surface area contributed by atoms with E-state index in [1.165, 1.54) is 3.97 Å². The summed E-state index contributed by atoms with van der Waals surface area (Å²) in [6.45, 7) is 8.17. The third-order valence-electron chi connectivity index (χ3n) is 6.91. The maximum Gasteiger partial charge on any atom is 0.410 e. The first-order chi connectivity index (χ1) is 19.4. The van der Waals surface area contributed by atoms with E-state index in [0.717, 1.165) is 12.8 Å². The predicted molar refractivity (Wildman–Crippen MR) is 157 cm³/mol. The molecule has 1 aliphatic heterocycles. The van der Waals surface area contributed by atoms with Gasteiger partial charge in [0.25, 0.3) is 10.0 Å². The number of aliphatic hydroxyl groups is 1. The number of hydrogen-bond donors (Lipinski definition) is 2. The van der Waals surface area contributed by atoms with E-state index in [2.05, 4.69) is 10.3 Å². The first kappa shape index (κ1) is 28.6. The fourth-order valence-corrected chi connectivity index (χ4v) is 6.39. The van der Waals surface area contributed by atoms with Crippen LogP contribution in [0.3, 0.4) is 0 Å². The number of aliphatic hydroxyl groups excluding tert-OH is 1. The number of likely N-dealkylation sites (tertiary alicyclic amines) is 1. The molecule has 1 aliphatic rings. The Labute approximate surface area is 240 Å². The summed E-state index contributed by atoms with van der Waals surface area (Å²) < 4.78 is 34.1. The lowest BCUT2D eigenvalue weighted by molar-refractivity contribution is 0.0206. The number of hydrogen-bond acceptors (Lipinski definition) is 8. The summed E-state index contributed by atoms with van der Waals surface area (Å²) in [5.41, 5.74) is 1.36. The third-order valence-corrected chi connectivity index (χ3v) is 8.59. The highest BCUT2D eigenvalue weighted by Gasteiger charge is 2.29. The predicted octanol–water partition coefficient (Wildman–Crippen LogP) is 5.20. The van der Waals surface area contributed by atoms with Gasteiger partial charge in [0, 0.05) is 48.0 Å². The van der Waals surface area contributed by atoms with E-state index in [-0.39, 0.29) is 17.0 Å². The molecule has 1 fully saturated rings. The molecule has 4 aromatic rings. The van der Waals surface area contributed by atoms with Crippen molar-refractivity contribution in [2.24, 2.45) is 0 Å². The molecule has 11 heteroatoms. The van der Waals surface area contributed by atoms with Gasteiger partial charge in [-0.1, -0.05) is 36.4 Å². The number of carbonyl (C=O) groups excluding carboxylic acids is 1. The monoisotopic (exact) mass is 577 g/mol. The second-order valence-corrected chi connectivity index (χ2v) is 13.1. The van der Waals surface area contributed by atoms with E-state index in [0.29, 0.717) is 46.8 Å². The summed E-state index contributed by atoms with van der Waals surface area (Å²) in [4.78, 5) is 23.7. The van der Waals surface area contributed by atoms with Crippen LogP contribution in [0.25, 0.3) is 22.2 Å². The van der Waals surface area contributed by atoms with Crippen LogP contribution in [0.1, 0.15) is 52.2 Å². The van der Waals surface area contributed by atoms with Crippen molar-refractivity contribution in [2.45, 2.75) is 63.2 Å². The maximum atomic E-state index is 13.6. The van der Waals surface area contributed by atoms with Gasteiger partial charge in [-0.25, -0.2) is 27.2 Å². The molecule has 216 valence electrons. The number of benzene rings is 2. The van der Waals surface area contributed by atoms with Crippen molar-refractivity contribution in [3.63, 3.8) is 0 Å². The quantitative estimate of drug-likeness (QED) is 0.320. The molecule has 0 spiro atoms. The molecule has 2 aromatic heterocycles. The van der Waals surface area contributed by atoms with Crippen molar-refractivity contribution < 1.29 is 23.1 Å². The lowest BCUT2D eigenvalue weighted by atomic mass is 10.0. The van der Waals surface area contributed by atoms with E-state index in [4.69, 9.17) is 9.72 Å². The van der Waals surface area contributed by atoms with Crippen LogP contribution >= 0.6 is 0 Å². The Morgan fingerprint density at radius 1 is 1.12 bits per heavy atom. The van der Waals surface area contributed by atoms with Crippen molar-refractivity contribution >= 4 is 33.0 Å². The van der Waals surface area contributed by atoms with Crippen molar-refractivity contribution in [3.8, 4) is 11.3 Å². The number of fused-ring (bicyclic) bond motifs is 1. The minimum atomic E-state index is -3.90. The summed E-state index contributed by atoms with van der Waals surface area (Å²) >= 11 is 0. The molecule has 3 heterocycles. The molecule has 0 unspecified atom stereocenters. The van der Waals surface area contributed by atoms with Crippen LogP contribution in [-0.2, 0) is 14.8 Å². The number of nitrogens with zero attached hydrogens (tertiary/aromatic N) is 4. The molecule has 2 N–H and O–H groups in total. The summed E-state index contributed by atoms with van der Waals surface area (Å²) in [6, 6.07) is 15.3. The van der Waals surface area contributed by atoms with Gasteiger partial charge < -0.3 is 20.1 Å². The van der Waals surface area contributed by atoms with E-state index >= 15 is 0 Å². The molecule has 10 nitrogen and oxygen atoms in total. The summed E-state index contributed by atoms with van der Waals surface area (Å²) in [5.74, 6) is 0.322. The Bertz CT molecular complexity index is 1660. The van der Waals surface area contributed by atoms with E-state index in [9.17, 15) is 18.3 Å². The number of amides is 1. The Morgan fingerprint density at radius 3 is 2.54 bits per heavy atom. The topological polar surface area (TPSA) is 127 Å². The van der Waals surface area contributed by atoms with E-state index in [1.54, 1.807) is 66.7 Å². The summed E-state index contributed by atoms with van der Waals surface area (Å²) in [5, 5.41) is 14.6. The van der Waals surface area contributed by atoms with Crippen molar-refractivity contribution in [3.05, 3.63) is 72.6 Å². The van der Waals surface area contributed by atoms with Gasteiger partial charge in [-0.05, 0) is 58.7 Å². The third kappa shape index (κ3) is 6.06. The molecule has 0 bridgehead atoms. The molecule has 0 radical (unpaired) electrons. The van der Waals surface area contributed by atoms with Crippen LogP contribution < -0.4 is 5.32 Å². The van der Waals surface area contributed by atoms with Crippen LogP contribution in [0.5, 0.6) is 0 Å². The molecule has 41 heavy (non-hydrogen) atoms. The molecule has 0 saturated carbocycles. The number of carbonyl (C=O) groups is 1. The number of ether oxygens (including phenoxy) is 1. The number of aromatic nitrogens is 3. The molecule has 0 aliphatic carbocycles. The van der Waals surface area contributed by atoms with Crippen molar-refractivity contribution in [1.82, 2.24) is 18.8 Å². The largest absolute Gasteiger partial charge is 0.444 e. The Hall–Kier alpha value is -3.96. The smallest absolute Gasteiger partial charge is 0.410 e. The number of piperidine rings is 1. The van der Waals surface area contributed by atoms with E-state index in [1.807, 2.05) is 32.9 Å². The average Bonchev–Trinajstić information content (AvgIpc) is 3.33. The first-order valence-electron chi connectivity index (χ1n) is 13.6. The molecule has 1 saturated heterocycles. The van der Waals surface area contributed by atoms with Gasteiger partial charge in [0.15, 0.2) is 0 Å². The molecule has 2 aromatic carbocycles. The first-order valence-corrected chi connectivity index (χ1v) is 15.1. The van der Waals surface area contributed by atoms with Gasteiger partial charge >= 0.3 is 6.09 Å². The van der Waals surface area contributed by atoms with Crippen molar-refractivity contribution in [2.75, 3.05) is 18.4 Å². The lowest BCUT2D eigenvalue weighted by Crippen LogP contribution is -2.47.